The Hall–Kier alpha value is -1.19. The number of thioether (sulfide) groups is 2. The summed E-state index contributed by atoms with van der Waals surface area (Å²) in [5.41, 5.74) is 0.983. The first-order valence-corrected chi connectivity index (χ1v) is 13.4. The predicted molar refractivity (Wildman–Crippen MR) is 121 cm³/mol. The minimum absolute atomic E-state index is 0.146. The second-order valence-corrected chi connectivity index (χ2v) is 10.9. The number of rotatable bonds is 8. The molecule has 0 spiro atoms. The van der Waals surface area contributed by atoms with Crippen molar-refractivity contribution in [2.75, 3.05) is 17.8 Å². The van der Waals surface area contributed by atoms with Crippen molar-refractivity contribution < 1.29 is 13.2 Å². The van der Waals surface area contributed by atoms with E-state index in [0.717, 1.165) is 22.6 Å². The largest absolute Gasteiger partial charge is 0.348 e. The van der Waals surface area contributed by atoms with Gasteiger partial charge in [0.15, 0.2) is 0 Å². The van der Waals surface area contributed by atoms with E-state index in [1.165, 1.54) is 12.1 Å². The second kappa shape index (κ2) is 10.2. The fraction of sp³-hybridized carbons (Fsp3) is 0.350. The molecule has 1 amide bonds. The molecule has 156 valence electrons. The van der Waals surface area contributed by atoms with Gasteiger partial charge in [0.1, 0.15) is 6.04 Å². The number of fused-ring (bicyclic) bond motifs is 1. The second-order valence-electron chi connectivity index (χ2n) is 6.65. The molecule has 3 rings (SSSR count). The van der Waals surface area contributed by atoms with Crippen molar-refractivity contribution in [1.29, 1.82) is 0 Å². The van der Waals surface area contributed by atoms with E-state index in [1.807, 2.05) is 24.5 Å². The van der Waals surface area contributed by atoms with Crippen LogP contribution in [0.25, 0.3) is 0 Å². The highest BCUT2D eigenvalue weighted by atomic mass is 35.5. The van der Waals surface area contributed by atoms with Gasteiger partial charge in [0.2, 0.25) is 15.9 Å². The molecule has 2 aromatic rings. The lowest BCUT2D eigenvalue weighted by molar-refractivity contribution is -0.123. The van der Waals surface area contributed by atoms with Gasteiger partial charge >= 0.3 is 0 Å². The molecular weight excluding hydrogens is 448 g/mol. The summed E-state index contributed by atoms with van der Waals surface area (Å²) in [6.45, 7) is 0. The third-order valence-corrected chi connectivity index (χ3v) is 8.10. The molecule has 1 aliphatic heterocycles. The molecule has 1 heterocycles. The molecule has 2 atom stereocenters. The van der Waals surface area contributed by atoms with Gasteiger partial charge in [0, 0.05) is 15.7 Å². The molecule has 0 radical (unpaired) electrons. The van der Waals surface area contributed by atoms with Crippen LogP contribution in [0.3, 0.4) is 0 Å². The number of amides is 1. The summed E-state index contributed by atoms with van der Waals surface area (Å²) in [5, 5.41) is 3.66. The molecule has 1 aliphatic rings. The predicted octanol–water partition coefficient (Wildman–Crippen LogP) is 4.09. The molecule has 9 heteroatoms. The van der Waals surface area contributed by atoms with Crippen LogP contribution in [0.1, 0.15) is 24.4 Å². The van der Waals surface area contributed by atoms with Crippen molar-refractivity contribution >= 4 is 51.1 Å². The van der Waals surface area contributed by atoms with Crippen molar-refractivity contribution in [3.05, 3.63) is 59.1 Å². The zero-order valence-electron chi connectivity index (χ0n) is 15.9. The van der Waals surface area contributed by atoms with Crippen LogP contribution >= 0.6 is 35.1 Å². The van der Waals surface area contributed by atoms with Crippen molar-refractivity contribution in [2.24, 2.45) is 0 Å². The lowest BCUT2D eigenvalue weighted by atomic mass is 10.0. The van der Waals surface area contributed by atoms with Crippen LogP contribution in [0.5, 0.6) is 0 Å². The summed E-state index contributed by atoms with van der Waals surface area (Å²) in [4.78, 5) is 14.3. The van der Waals surface area contributed by atoms with Crippen molar-refractivity contribution in [3.8, 4) is 0 Å². The summed E-state index contributed by atoms with van der Waals surface area (Å²) in [5.74, 6) is 1.23. The topological polar surface area (TPSA) is 75.3 Å². The Bertz CT molecular complexity index is 955. The molecule has 2 aromatic carbocycles. The van der Waals surface area contributed by atoms with Crippen LogP contribution in [0.15, 0.2) is 58.3 Å². The first-order valence-electron chi connectivity index (χ1n) is 9.19. The van der Waals surface area contributed by atoms with Crippen LogP contribution in [0.4, 0.5) is 0 Å². The number of nitrogens with one attached hydrogen (secondary N) is 2. The number of hydrogen-bond acceptors (Lipinski definition) is 5. The van der Waals surface area contributed by atoms with E-state index in [2.05, 4.69) is 10.0 Å². The highest BCUT2D eigenvalue weighted by molar-refractivity contribution is 7.99. The highest BCUT2D eigenvalue weighted by Gasteiger charge is 2.29. The molecule has 0 aliphatic carbocycles. The van der Waals surface area contributed by atoms with E-state index < -0.39 is 16.1 Å². The van der Waals surface area contributed by atoms with E-state index in [1.54, 1.807) is 41.7 Å². The maximum absolute atomic E-state index is 13.0. The monoisotopic (exact) mass is 470 g/mol. The molecule has 0 unspecified atom stereocenters. The molecule has 0 saturated carbocycles. The van der Waals surface area contributed by atoms with Gasteiger partial charge in [-0.15, -0.1) is 11.8 Å². The van der Waals surface area contributed by atoms with Crippen molar-refractivity contribution in [1.82, 2.24) is 10.0 Å². The average molecular weight is 471 g/mol. The zero-order valence-corrected chi connectivity index (χ0v) is 19.1. The van der Waals surface area contributed by atoms with Gasteiger partial charge in [0.25, 0.3) is 0 Å². The Labute approximate surface area is 185 Å². The maximum atomic E-state index is 13.0. The molecule has 0 bridgehead atoms. The maximum Gasteiger partial charge on any atom is 0.241 e. The Kier molecular flexibility index (Phi) is 7.92. The Balaban J connectivity index is 1.78. The van der Waals surface area contributed by atoms with E-state index in [9.17, 15) is 13.2 Å². The smallest absolute Gasteiger partial charge is 0.241 e. The van der Waals surface area contributed by atoms with E-state index in [-0.39, 0.29) is 16.8 Å². The Morgan fingerprint density at radius 2 is 2.03 bits per heavy atom. The summed E-state index contributed by atoms with van der Waals surface area (Å²) in [6, 6.07) is 12.7. The van der Waals surface area contributed by atoms with Crippen molar-refractivity contribution in [2.45, 2.75) is 34.7 Å². The van der Waals surface area contributed by atoms with Gasteiger partial charge in [-0.2, -0.15) is 16.5 Å². The quantitative estimate of drug-likeness (QED) is 0.607. The summed E-state index contributed by atoms with van der Waals surface area (Å²) in [6.07, 6.45) is 3.10. The average Bonchev–Trinajstić information content (AvgIpc) is 2.72. The number of carbonyl (C=O) groups is 1. The molecule has 0 aromatic heterocycles. The van der Waals surface area contributed by atoms with Gasteiger partial charge in [-0.05, 0) is 60.7 Å². The molecule has 0 saturated heterocycles. The number of hydrogen-bond donors (Lipinski definition) is 2. The van der Waals surface area contributed by atoms with E-state index >= 15 is 0 Å². The minimum Gasteiger partial charge on any atom is -0.348 e. The number of carbonyl (C=O) groups excluding carboxylic acids is 1. The van der Waals surface area contributed by atoms with Gasteiger partial charge < -0.3 is 5.32 Å². The third-order valence-electron chi connectivity index (χ3n) is 4.61. The lowest BCUT2D eigenvalue weighted by Crippen LogP contribution is -2.48. The number of sulfonamides is 1. The molecule has 0 fully saturated rings. The van der Waals surface area contributed by atoms with Crippen LogP contribution in [0, 0.1) is 0 Å². The van der Waals surface area contributed by atoms with Crippen molar-refractivity contribution in [3.63, 3.8) is 0 Å². The third kappa shape index (κ3) is 5.92. The standard InChI is InChI=1S/C20H23ClN2O3S3/c1-27-11-9-18(23-29(25,26)15-5-3-2-4-6-15)20(24)22-17-10-12-28-19-8-7-14(21)13-16(17)19/h2-8,13,17-18,23H,9-12H2,1H3,(H,22,24)/t17-,18+/m1/s1. The SMILES string of the molecule is CSCC[C@H](NS(=O)(=O)c1ccccc1)C(=O)N[C@@H]1CCSc2ccc(Cl)cc21. The van der Waals surface area contributed by atoms with Crippen LogP contribution in [-0.4, -0.2) is 38.1 Å². The summed E-state index contributed by atoms with van der Waals surface area (Å²) < 4.78 is 28.0. The fourth-order valence-corrected chi connectivity index (χ4v) is 6.13. The number of benzene rings is 2. The van der Waals surface area contributed by atoms with Crippen LogP contribution in [-0.2, 0) is 14.8 Å². The Morgan fingerprint density at radius 1 is 1.28 bits per heavy atom. The van der Waals surface area contributed by atoms with Gasteiger partial charge in [0.05, 0.1) is 10.9 Å². The fourth-order valence-electron chi connectivity index (χ4n) is 3.12. The van der Waals surface area contributed by atoms with Crippen LogP contribution < -0.4 is 10.0 Å². The lowest BCUT2D eigenvalue weighted by Gasteiger charge is -2.28. The minimum atomic E-state index is -3.79. The van der Waals surface area contributed by atoms with E-state index in [4.69, 9.17) is 11.6 Å². The van der Waals surface area contributed by atoms with Gasteiger partial charge in [-0.3, -0.25) is 4.79 Å². The molecule has 2 N–H and O–H groups in total. The Morgan fingerprint density at radius 3 is 2.76 bits per heavy atom. The highest BCUT2D eigenvalue weighted by Crippen LogP contribution is 2.37. The molecular formula is C20H23ClN2O3S3. The molecule has 5 nitrogen and oxygen atoms in total. The summed E-state index contributed by atoms with van der Waals surface area (Å²) >= 11 is 9.45. The van der Waals surface area contributed by atoms with Crippen LogP contribution in [0.2, 0.25) is 5.02 Å². The number of halogens is 1. The van der Waals surface area contributed by atoms with Gasteiger partial charge in [-0.1, -0.05) is 29.8 Å². The normalized spacial score (nSPS) is 17.4. The zero-order chi connectivity index (χ0) is 20.9. The molecule has 29 heavy (non-hydrogen) atoms. The first kappa shape index (κ1) is 22.5. The van der Waals surface area contributed by atoms with Gasteiger partial charge in [-0.25, -0.2) is 8.42 Å². The first-order chi connectivity index (χ1) is 13.9. The summed E-state index contributed by atoms with van der Waals surface area (Å²) in [7, 11) is -3.79. The van der Waals surface area contributed by atoms with E-state index in [0.29, 0.717) is 17.2 Å².